The third-order valence-corrected chi connectivity index (χ3v) is 4.06. The van der Waals surface area contributed by atoms with Crippen LogP contribution in [0.2, 0.25) is 0 Å². The molecule has 0 aliphatic carbocycles. The molecule has 4 nitrogen and oxygen atoms in total. The molecule has 2 aromatic heterocycles. The van der Waals surface area contributed by atoms with Crippen LogP contribution in [0.3, 0.4) is 0 Å². The van der Waals surface area contributed by atoms with Gasteiger partial charge >= 0.3 is 0 Å². The minimum Gasteiger partial charge on any atom is -0.321 e. The minimum absolute atomic E-state index is 0.196. The number of benzene rings is 1. The number of thiazole rings is 2. The summed E-state index contributed by atoms with van der Waals surface area (Å²) in [6.45, 7) is 1.97. The standard InChI is InChI=1S/C14H11N3OS2/c1-9-16-12(7-20-9)10-3-2-4-11(5-10)17-14(18)13-6-19-8-15-13/h2-8H,1H3,(H,17,18). The van der Waals surface area contributed by atoms with E-state index in [2.05, 4.69) is 15.3 Å². The zero-order valence-corrected chi connectivity index (χ0v) is 12.3. The van der Waals surface area contributed by atoms with Crippen molar-refractivity contribution in [2.45, 2.75) is 6.92 Å². The Morgan fingerprint density at radius 1 is 1.30 bits per heavy atom. The molecule has 3 aromatic rings. The summed E-state index contributed by atoms with van der Waals surface area (Å²) in [6, 6.07) is 7.65. The number of carbonyl (C=O) groups excluding carboxylic acids is 1. The smallest absolute Gasteiger partial charge is 0.275 e. The van der Waals surface area contributed by atoms with Crippen molar-refractivity contribution in [3.05, 3.63) is 51.2 Å². The van der Waals surface area contributed by atoms with Crippen molar-refractivity contribution in [2.75, 3.05) is 5.32 Å². The van der Waals surface area contributed by atoms with Gasteiger partial charge in [-0.15, -0.1) is 22.7 Å². The molecule has 0 saturated heterocycles. The van der Waals surface area contributed by atoms with Crippen LogP contribution in [0.25, 0.3) is 11.3 Å². The molecule has 1 N–H and O–H groups in total. The van der Waals surface area contributed by atoms with Gasteiger partial charge in [0.15, 0.2) is 0 Å². The highest BCUT2D eigenvalue weighted by Crippen LogP contribution is 2.24. The van der Waals surface area contributed by atoms with Crippen LogP contribution in [0.1, 0.15) is 15.5 Å². The van der Waals surface area contributed by atoms with E-state index < -0.39 is 0 Å². The number of aromatic nitrogens is 2. The first-order valence-corrected chi connectivity index (χ1v) is 7.77. The summed E-state index contributed by atoms with van der Waals surface area (Å²) in [5.41, 5.74) is 4.74. The van der Waals surface area contributed by atoms with Gasteiger partial charge in [0.05, 0.1) is 16.2 Å². The highest BCUT2D eigenvalue weighted by Gasteiger charge is 2.09. The van der Waals surface area contributed by atoms with E-state index in [1.165, 1.54) is 11.3 Å². The summed E-state index contributed by atoms with van der Waals surface area (Å²) in [5, 5.41) is 7.60. The van der Waals surface area contributed by atoms with Gasteiger partial charge < -0.3 is 5.32 Å². The van der Waals surface area contributed by atoms with Crippen molar-refractivity contribution in [2.24, 2.45) is 0 Å². The highest BCUT2D eigenvalue weighted by atomic mass is 32.1. The fraction of sp³-hybridized carbons (Fsp3) is 0.0714. The molecule has 100 valence electrons. The van der Waals surface area contributed by atoms with Crippen LogP contribution in [-0.2, 0) is 0 Å². The maximum absolute atomic E-state index is 11.9. The van der Waals surface area contributed by atoms with Gasteiger partial charge in [-0.1, -0.05) is 12.1 Å². The van der Waals surface area contributed by atoms with Crippen LogP contribution in [0, 0.1) is 6.92 Å². The molecule has 1 amide bonds. The predicted octanol–water partition coefficient (Wildman–Crippen LogP) is 3.83. The Morgan fingerprint density at radius 3 is 2.90 bits per heavy atom. The fourth-order valence-electron chi connectivity index (χ4n) is 1.77. The molecule has 0 fully saturated rings. The lowest BCUT2D eigenvalue weighted by Crippen LogP contribution is -2.12. The average molecular weight is 301 g/mol. The van der Waals surface area contributed by atoms with Crippen molar-refractivity contribution in [3.63, 3.8) is 0 Å². The Labute approximate surface area is 124 Å². The summed E-state index contributed by atoms with van der Waals surface area (Å²) in [7, 11) is 0. The molecule has 0 radical (unpaired) electrons. The van der Waals surface area contributed by atoms with E-state index in [9.17, 15) is 4.79 Å². The van der Waals surface area contributed by atoms with Gasteiger partial charge in [0.25, 0.3) is 5.91 Å². The van der Waals surface area contributed by atoms with Crippen molar-refractivity contribution in [1.82, 2.24) is 9.97 Å². The van der Waals surface area contributed by atoms with Gasteiger partial charge in [0.1, 0.15) is 5.69 Å². The maximum Gasteiger partial charge on any atom is 0.275 e. The van der Waals surface area contributed by atoms with Gasteiger partial charge in [0.2, 0.25) is 0 Å². The van der Waals surface area contributed by atoms with Crippen LogP contribution in [0.15, 0.2) is 40.5 Å². The Morgan fingerprint density at radius 2 is 2.20 bits per heavy atom. The number of rotatable bonds is 3. The summed E-state index contributed by atoms with van der Waals surface area (Å²) in [6.07, 6.45) is 0. The summed E-state index contributed by atoms with van der Waals surface area (Å²) >= 11 is 3.01. The minimum atomic E-state index is -0.196. The number of nitrogens with zero attached hydrogens (tertiary/aromatic N) is 2. The van der Waals surface area contributed by atoms with E-state index >= 15 is 0 Å². The lowest BCUT2D eigenvalue weighted by molar-refractivity contribution is 0.102. The third-order valence-electron chi connectivity index (χ3n) is 2.70. The molecule has 0 aliphatic heterocycles. The third kappa shape index (κ3) is 2.76. The molecule has 20 heavy (non-hydrogen) atoms. The SMILES string of the molecule is Cc1nc(-c2cccc(NC(=O)c3cscn3)c2)cs1. The van der Waals surface area contributed by atoms with E-state index in [0.29, 0.717) is 5.69 Å². The van der Waals surface area contributed by atoms with Crippen LogP contribution in [0.5, 0.6) is 0 Å². The van der Waals surface area contributed by atoms with Crippen LogP contribution in [0.4, 0.5) is 5.69 Å². The first-order valence-electron chi connectivity index (χ1n) is 5.94. The number of amides is 1. The lowest BCUT2D eigenvalue weighted by Gasteiger charge is -2.05. The first kappa shape index (κ1) is 13.0. The Hall–Kier alpha value is -2.05. The van der Waals surface area contributed by atoms with Gasteiger partial charge in [0, 0.05) is 22.0 Å². The van der Waals surface area contributed by atoms with E-state index in [-0.39, 0.29) is 5.91 Å². The molecule has 6 heteroatoms. The van der Waals surface area contributed by atoms with E-state index in [1.807, 2.05) is 36.6 Å². The molecular formula is C14H11N3OS2. The Balaban J connectivity index is 1.83. The Kier molecular flexibility index (Phi) is 3.58. The second-order valence-corrected chi connectivity index (χ2v) is 5.94. The molecule has 0 atom stereocenters. The number of nitrogens with one attached hydrogen (secondary N) is 1. The van der Waals surface area contributed by atoms with Crippen molar-refractivity contribution < 1.29 is 4.79 Å². The van der Waals surface area contributed by atoms with Crippen molar-refractivity contribution >= 4 is 34.3 Å². The normalized spacial score (nSPS) is 10.4. The topological polar surface area (TPSA) is 54.9 Å². The van der Waals surface area contributed by atoms with Gasteiger partial charge in [-0.05, 0) is 19.1 Å². The van der Waals surface area contributed by atoms with Crippen LogP contribution in [-0.4, -0.2) is 15.9 Å². The largest absolute Gasteiger partial charge is 0.321 e. The number of aryl methyl sites for hydroxylation is 1. The van der Waals surface area contributed by atoms with Gasteiger partial charge in [-0.3, -0.25) is 4.79 Å². The molecule has 0 spiro atoms. The number of hydrogen-bond acceptors (Lipinski definition) is 5. The molecule has 2 heterocycles. The zero-order valence-electron chi connectivity index (χ0n) is 10.7. The highest BCUT2D eigenvalue weighted by molar-refractivity contribution is 7.09. The summed E-state index contributed by atoms with van der Waals surface area (Å²) in [5.74, 6) is -0.196. The molecule has 0 unspecified atom stereocenters. The molecule has 0 bridgehead atoms. The van der Waals surface area contributed by atoms with Gasteiger partial charge in [-0.2, -0.15) is 0 Å². The molecule has 3 rings (SSSR count). The number of hydrogen-bond donors (Lipinski definition) is 1. The van der Waals surface area contributed by atoms with Crippen molar-refractivity contribution in [1.29, 1.82) is 0 Å². The lowest BCUT2D eigenvalue weighted by atomic mass is 10.1. The van der Waals surface area contributed by atoms with E-state index in [1.54, 1.807) is 22.2 Å². The average Bonchev–Trinajstić information content (AvgIpc) is 3.10. The second-order valence-electron chi connectivity index (χ2n) is 4.16. The Bertz CT molecular complexity index is 734. The van der Waals surface area contributed by atoms with Crippen molar-refractivity contribution in [3.8, 4) is 11.3 Å². The number of anilines is 1. The quantitative estimate of drug-likeness (QED) is 0.800. The van der Waals surface area contributed by atoms with Gasteiger partial charge in [-0.25, -0.2) is 9.97 Å². The first-order chi connectivity index (χ1) is 9.72. The molecule has 0 saturated carbocycles. The second kappa shape index (κ2) is 5.52. The molecular weight excluding hydrogens is 290 g/mol. The predicted molar refractivity (Wildman–Crippen MR) is 82.4 cm³/mol. The molecule has 1 aromatic carbocycles. The van der Waals surface area contributed by atoms with Crippen LogP contribution < -0.4 is 5.32 Å². The number of carbonyl (C=O) groups is 1. The monoisotopic (exact) mass is 301 g/mol. The van der Waals surface area contributed by atoms with E-state index in [0.717, 1.165) is 22.0 Å². The van der Waals surface area contributed by atoms with E-state index in [4.69, 9.17) is 0 Å². The summed E-state index contributed by atoms with van der Waals surface area (Å²) in [4.78, 5) is 20.4. The maximum atomic E-state index is 11.9. The fourth-order valence-corrected chi connectivity index (χ4v) is 2.93. The molecule has 0 aliphatic rings. The summed E-state index contributed by atoms with van der Waals surface area (Å²) < 4.78 is 0. The zero-order chi connectivity index (χ0) is 13.9. The van der Waals surface area contributed by atoms with Crippen LogP contribution >= 0.6 is 22.7 Å².